The molecule has 1 aromatic heterocycles. The average Bonchev–Trinajstić information content (AvgIpc) is 2.62. The fourth-order valence-corrected chi connectivity index (χ4v) is 3.17. The molecule has 1 unspecified atom stereocenters. The lowest BCUT2D eigenvalue weighted by Gasteiger charge is -2.12. The predicted octanol–water partition coefficient (Wildman–Crippen LogP) is 5.50. The minimum absolute atomic E-state index is 0.119. The number of aromatic nitrogens is 1. The van der Waals surface area contributed by atoms with Crippen LogP contribution in [0.4, 0.5) is 4.39 Å². The molecule has 0 N–H and O–H groups in total. The summed E-state index contributed by atoms with van der Waals surface area (Å²) in [6.07, 6.45) is 2.51. The Balaban J connectivity index is 1.64. The number of hydrogen-bond acceptors (Lipinski definition) is 2. The van der Waals surface area contributed by atoms with E-state index in [-0.39, 0.29) is 17.5 Å². The summed E-state index contributed by atoms with van der Waals surface area (Å²) in [6, 6.07) is 18.7. The highest BCUT2D eigenvalue weighted by atomic mass is 19.1. The summed E-state index contributed by atoms with van der Waals surface area (Å²) in [6.45, 7) is 3.86. The topological polar surface area (TPSA) is 30.0 Å². The van der Waals surface area contributed by atoms with Crippen molar-refractivity contribution in [3.8, 4) is 11.1 Å². The van der Waals surface area contributed by atoms with E-state index in [9.17, 15) is 9.18 Å². The number of hydrogen-bond donors (Lipinski definition) is 0. The van der Waals surface area contributed by atoms with E-state index < -0.39 is 0 Å². The van der Waals surface area contributed by atoms with Crippen molar-refractivity contribution in [3.63, 3.8) is 0 Å². The second kappa shape index (κ2) is 8.05. The number of nitrogens with zero attached hydrogens (tertiary/aromatic N) is 1. The molecule has 0 aliphatic heterocycles. The lowest BCUT2D eigenvalue weighted by molar-refractivity contribution is -0.118. The molecule has 0 saturated heterocycles. The van der Waals surface area contributed by atoms with E-state index in [0.29, 0.717) is 18.4 Å². The van der Waals surface area contributed by atoms with E-state index in [4.69, 9.17) is 0 Å². The molecule has 0 spiro atoms. The van der Waals surface area contributed by atoms with Crippen molar-refractivity contribution in [2.24, 2.45) is 0 Å². The van der Waals surface area contributed by atoms with Gasteiger partial charge in [0.2, 0.25) is 0 Å². The number of pyridine rings is 1. The number of Topliss-reactive ketones (excluding diaryl/α,β-unsaturated/α-hetero) is 1. The first-order chi connectivity index (χ1) is 12.5. The molecule has 132 valence electrons. The van der Waals surface area contributed by atoms with Gasteiger partial charge >= 0.3 is 0 Å². The maximum atomic E-state index is 13.8. The van der Waals surface area contributed by atoms with Gasteiger partial charge in [-0.1, -0.05) is 49.4 Å². The van der Waals surface area contributed by atoms with Crippen molar-refractivity contribution in [3.05, 3.63) is 89.5 Å². The van der Waals surface area contributed by atoms with Crippen molar-refractivity contribution in [1.29, 1.82) is 0 Å². The number of halogens is 1. The molecular weight excluding hydrogens is 325 g/mol. The van der Waals surface area contributed by atoms with E-state index >= 15 is 0 Å². The first-order valence-corrected chi connectivity index (χ1v) is 8.81. The van der Waals surface area contributed by atoms with E-state index in [1.165, 1.54) is 6.07 Å². The molecule has 0 fully saturated rings. The van der Waals surface area contributed by atoms with Gasteiger partial charge in [-0.3, -0.25) is 9.78 Å². The summed E-state index contributed by atoms with van der Waals surface area (Å²) in [7, 11) is 0. The summed E-state index contributed by atoms with van der Waals surface area (Å²) in [5.41, 5.74) is 4.77. The van der Waals surface area contributed by atoms with Crippen LogP contribution in [-0.2, 0) is 11.2 Å². The van der Waals surface area contributed by atoms with Crippen molar-refractivity contribution >= 4 is 5.78 Å². The summed E-state index contributed by atoms with van der Waals surface area (Å²) in [5, 5.41) is 0. The van der Waals surface area contributed by atoms with Crippen LogP contribution >= 0.6 is 0 Å². The molecule has 2 nitrogen and oxygen atoms in total. The van der Waals surface area contributed by atoms with E-state index in [1.54, 1.807) is 24.4 Å². The van der Waals surface area contributed by atoms with Crippen molar-refractivity contribution < 1.29 is 9.18 Å². The Kier molecular flexibility index (Phi) is 5.57. The van der Waals surface area contributed by atoms with E-state index in [1.807, 2.05) is 50.2 Å². The quantitative estimate of drug-likeness (QED) is 0.589. The van der Waals surface area contributed by atoms with Crippen LogP contribution in [0.15, 0.2) is 66.9 Å². The van der Waals surface area contributed by atoms with Crippen LogP contribution in [0.5, 0.6) is 0 Å². The maximum absolute atomic E-state index is 13.8. The van der Waals surface area contributed by atoms with Crippen LogP contribution in [0.2, 0.25) is 0 Å². The second-order valence-corrected chi connectivity index (χ2v) is 6.72. The average molecular weight is 347 g/mol. The molecule has 0 radical (unpaired) electrons. The Morgan fingerprint density at radius 2 is 1.77 bits per heavy atom. The van der Waals surface area contributed by atoms with Crippen LogP contribution in [-0.4, -0.2) is 10.8 Å². The third kappa shape index (κ3) is 4.42. The van der Waals surface area contributed by atoms with Crippen LogP contribution < -0.4 is 0 Å². The molecule has 0 aliphatic rings. The molecule has 2 aromatic carbocycles. The SMILES string of the molecule is Cc1cc(-c2ccc(CC(=O)CC(C)c3ccccc3F)cc2)ccn1. The molecule has 0 amide bonds. The van der Waals surface area contributed by atoms with Gasteiger partial charge < -0.3 is 0 Å². The normalized spacial score (nSPS) is 12.0. The Morgan fingerprint density at radius 1 is 1.04 bits per heavy atom. The molecule has 3 aromatic rings. The molecule has 0 bridgehead atoms. The van der Waals surface area contributed by atoms with Gasteiger partial charge in [-0.25, -0.2) is 4.39 Å². The summed E-state index contributed by atoms with van der Waals surface area (Å²) < 4.78 is 13.8. The minimum atomic E-state index is -0.246. The van der Waals surface area contributed by atoms with E-state index in [2.05, 4.69) is 4.98 Å². The van der Waals surface area contributed by atoms with Gasteiger partial charge in [-0.05, 0) is 53.3 Å². The van der Waals surface area contributed by atoms with Crippen LogP contribution in [0.1, 0.15) is 36.1 Å². The van der Waals surface area contributed by atoms with Crippen LogP contribution in [0.3, 0.4) is 0 Å². The zero-order valence-electron chi connectivity index (χ0n) is 15.1. The van der Waals surface area contributed by atoms with Gasteiger partial charge in [0, 0.05) is 24.7 Å². The third-order valence-electron chi connectivity index (χ3n) is 4.56. The van der Waals surface area contributed by atoms with Gasteiger partial charge in [0.25, 0.3) is 0 Å². The number of aryl methyl sites for hydroxylation is 1. The predicted molar refractivity (Wildman–Crippen MR) is 103 cm³/mol. The molecule has 3 heteroatoms. The highest BCUT2D eigenvalue weighted by Crippen LogP contribution is 2.24. The van der Waals surface area contributed by atoms with Crippen LogP contribution in [0, 0.1) is 12.7 Å². The number of ketones is 1. The second-order valence-electron chi connectivity index (χ2n) is 6.72. The molecular formula is C23H22FNO. The molecule has 0 saturated carbocycles. The van der Waals surface area contributed by atoms with Gasteiger partial charge in [-0.2, -0.15) is 0 Å². The van der Waals surface area contributed by atoms with E-state index in [0.717, 1.165) is 22.4 Å². The molecule has 3 rings (SSSR count). The molecule has 0 aliphatic carbocycles. The monoisotopic (exact) mass is 347 g/mol. The first-order valence-electron chi connectivity index (χ1n) is 8.81. The fraction of sp³-hybridized carbons (Fsp3) is 0.217. The number of rotatable bonds is 6. The van der Waals surface area contributed by atoms with Gasteiger partial charge in [0.1, 0.15) is 11.6 Å². The smallest absolute Gasteiger partial charge is 0.137 e. The zero-order valence-corrected chi connectivity index (χ0v) is 15.1. The third-order valence-corrected chi connectivity index (χ3v) is 4.56. The lowest BCUT2D eigenvalue weighted by atomic mass is 9.93. The van der Waals surface area contributed by atoms with Crippen molar-refractivity contribution in [2.75, 3.05) is 0 Å². The highest BCUT2D eigenvalue weighted by Gasteiger charge is 2.15. The first kappa shape index (κ1) is 18.0. The number of carbonyl (C=O) groups excluding carboxylic acids is 1. The maximum Gasteiger partial charge on any atom is 0.137 e. The fourth-order valence-electron chi connectivity index (χ4n) is 3.17. The molecule has 26 heavy (non-hydrogen) atoms. The summed E-state index contributed by atoms with van der Waals surface area (Å²) in [4.78, 5) is 16.6. The highest BCUT2D eigenvalue weighted by molar-refractivity contribution is 5.82. The molecule has 1 heterocycles. The Labute approximate surface area is 153 Å². The van der Waals surface area contributed by atoms with Crippen LogP contribution in [0.25, 0.3) is 11.1 Å². The largest absolute Gasteiger partial charge is 0.299 e. The van der Waals surface area contributed by atoms with Gasteiger partial charge in [0.15, 0.2) is 0 Å². The Bertz CT molecular complexity index is 902. The molecule has 1 atom stereocenters. The minimum Gasteiger partial charge on any atom is -0.299 e. The lowest BCUT2D eigenvalue weighted by Crippen LogP contribution is -2.08. The Hall–Kier alpha value is -2.81. The zero-order chi connectivity index (χ0) is 18.5. The standard InChI is InChI=1S/C23H22FNO/c1-16(22-5-3-4-6-23(22)24)13-21(26)15-18-7-9-19(10-8-18)20-11-12-25-17(2)14-20/h3-12,14,16H,13,15H2,1-2H3. The number of benzene rings is 2. The van der Waals surface area contributed by atoms with Gasteiger partial charge in [0.05, 0.1) is 0 Å². The number of carbonyl (C=O) groups is 1. The Morgan fingerprint density at radius 3 is 2.46 bits per heavy atom. The van der Waals surface area contributed by atoms with Crippen molar-refractivity contribution in [1.82, 2.24) is 4.98 Å². The summed E-state index contributed by atoms with van der Waals surface area (Å²) >= 11 is 0. The van der Waals surface area contributed by atoms with Gasteiger partial charge in [-0.15, -0.1) is 0 Å². The summed E-state index contributed by atoms with van der Waals surface area (Å²) in [5.74, 6) is -0.249. The van der Waals surface area contributed by atoms with Crippen molar-refractivity contribution in [2.45, 2.75) is 32.6 Å².